The second kappa shape index (κ2) is 8.32. The summed E-state index contributed by atoms with van der Waals surface area (Å²) in [6.07, 6.45) is 0.919. The van der Waals surface area contributed by atoms with Gasteiger partial charge in [-0.3, -0.25) is 9.52 Å². The molecule has 158 valence electrons. The number of hydrogen-bond donors (Lipinski definition) is 2. The third-order valence-electron chi connectivity index (χ3n) is 4.24. The van der Waals surface area contributed by atoms with Crippen molar-refractivity contribution < 1.29 is 17.6 Å². The topological polar surface area (TPSA) is 93.1 Å². The quantitative estimate of drug-likeness (QED) is 0.451. The number of aromatic nitrogens is 2. The summed E-state index contributed by atoms with van der Waals surface area (Å²) < 4.78 is 40.5. The SMILES string of the molecule is CS(=O)(=O)Nc1cc(NC(=O)c2cc(-c3cccs3)nn2-c2ccccc2)ccc1F. The maximum absolute atomic E-state index is 14.0. The van der Waals surface area contributed by atoms with E-state index in [-0.39, 0.29) is 17.1 Å². The smallest absolute Gasteiger partial charge is 0.274 e. The molecule has 0 aliphatic heterocycles. The highest BCUT2D eigenvalue weighted by Gasteiger charge is 2.19. The van der Waals surface area contributed by atoms with E-state index in [1.165, 1.54) is 28.2 Å². The predicted molar refractivity (Wildman–Crippen MR) is 120 cm³/mol. The van der Waals surface area contributed by atoms with E-state index >= 15 is 0 Å². The molecular formula is C21H17FN4O3S2. The molecule has 10 heteroatoms. The van der Waals surface area contributed by atoms with Crippen molar-refractivity contribution in [3.8, 4) is 16.3 Å². The first-order valence-electron chi connectivity index (χ1n) is 9.08. The van der Waals surface area contributed by atoms with Crippen molar-refractivity contribution in [1.29, 1.82) is 0 Å². The van der Waals surface area contributed by atoms with Crippen LogP contribution in [0.3, 0.4) is 0 Å². The highest BCUT2D eigenvalue weighted by Crippen LogP contribution is 2.27. The Balaban J connectivity index is 1.69. The monoisotopic (exact) mass is 456 g/mol. The summed E-state index contributed by atoms with van der Waals surface area (Å²) in [4.78, 5) is 14.0. The number of nitrogens with zero attached hydrogens (tertiary/aromatic N) is 2. The maximum atomic E-state index is 14.0. The number of thiophene rings is 1. The summed E-state index contributed by atoms with van der Waals surface area (Å²) in [5.41, 5.74) is 1.60. The summed E-state index contributed by atoms with van der Waals surface area (Å²) in [5.74, 6) is -1.23. The number of carbonyl (C=O) groups excluding carboxylic acids is 1. The fourth-order valence-corrected chi connectivity index (χ4v) is 4.17. The minimum atomic E-state index is -3.68. The number of para-hydroxylation sites is 1. The molecule has 0 atom stereocenters. The van der Waals surface area contributed by atoms with Crippen molar-refractivity contribution in [3.63, 3.8) is 0 Å². The Bertz CT molecular complexity index is 1330. The van der Waals surface area contributed by atoms with Gasteiger partial charge in [0.05, 0.1) is 22.5 Å². The van der Waals surface area contributed by atoms with Gasteiger partial charge in [-0.1, -0.05) is 24.3 Å². The molecule has 0 bridgehead atoms. The van der Waals surface area contributed by atoms with Crippen LogP contribution in [0, 0.1) is 5.82 Å². The van der Waals surface area contributed by atoms with E-state index in [2.05, 4.69) is 15.1 Å². The summed E-state index contributed by atoms with van der Waals surface area (Å²) in [7, 11) is -3.68. The van der Waals surface area contributed by atoms with Gasteiger partial charge in [0.2, 0.25) is 10.0 Å². The van der Waals surface area contributed by atoms with E-state index in [4.69, 9.17) is 0 Å². The summed E-state index contributed by atoms with van der Waals surface area (Å²) in [6.45, 7) is 0. The van der Waals surface area contributed by atoms with Crippen molar-refractivity contribution in [1.82, 2.24) is 9.78 Å². The number of amides is 1. The van der Waals surface area contributed by atoms with Gasteiger partial charge in [0.25, 0.3) is 5.91 Å². The van der Waals surface area contributed by atoms with Gasteiger partial charge in [0, 0.05) is 5.69 Å². The second-order valence-electron chi connectivity index (χ2n) is 6.66. The normalized spacial score (nSPS) is 11.3. The lowest BCUT2D eigenvalue weighted by atomic mass is 10.2. The van der Waals surface area contributed by atoms with E-state index in [9.17, 15) is 17.6 Å². The summed E-state index contributed by atoms with van der Waals surface area (Å²) >= 11 is 1.50. The molecule has 0 saturated carbocycles. The summed E-state index contributed by atoms with van der Waals surface area (Å²) in [5, 5.41) is 9.18. The van der Waals surface area contributed by atoms with Crippen LogP contribution in [0.25, 0.3) is 16.3 Å². The molecule has 0 saturated heterocycles. The minimum Gasteiger partial charge on any atom is -0.321 e. The number of halogens is 1. The lowest BCUT2D eigenvalue weighted by molar-refractivity contribution is 0.101. The number of nitrogens with one attached hydrogen (secondary N) is 2. The van der Waals surface area contributed by atoms with Gasteiger partial charge in [0.15, 0.2) is 0 Å². The molecule has 0 radical (unpaired) electrons. The van der Waals surface area contributed by atoms with Gasteiger partial charge < -0.3 is 5.32 Å². The average Bonchev–Trinajstić information content (AvgIpc) is 3.40. The van der Waals surface area contributed by atoms with Crippen molar-refractivity contribution in [2.24, 2.45) is 0 Å². The molecule has 2 aromatic heterocycles. The van der Waals surface area contributed by atoms with E-state index in [0.717, 1.165) is 17.2 Å². The molecule has 0 spiro atoms. The number of anilines is 2. The fraction of sp³-hybridized carbons (Fsp3) is 0.0476. The number of carbonyl (C=O) groups is 1. The summed E-state index contributed by atoms with van der Waals surface area (Å²) in [6, 6.07) is 18.3. The lowest BCUT2D eigenvalue weighted by Crippen LogP contribution is -2.17. The molecule has 0 aliphatic rings. The largest absolute Gasteiger partial charge is 0.321 e. The van der Waals surface area contributed by atoms with Crippen LogP contribution in [0.1, 0.15) is 10.5 Å². The van der Waals surface area contributed by atoms with E-state index in [0.29, 0.717) is 11.4 Å². The van der Waals surface area contributed by atoms with E-state index in [1.807, 2.05) is 47.8 Å². The van der Waals surface area contributed by atoms with Crippen molar-refractivity contribution in [2.75, 3.05) is 16.3 Å². The average molecular weight is 457 g/mol. The zero-order chi connectivity index (χ0) is 22.0. The third kappa shape index (κ3) is 4.81. The molecule has 31 heavy (non-hydrogen) atoms. The minimum absolute atomic E-state index is 0.232. The first-order valence-corrected chi connectivity index (χ1v) is 11.9. The van der Waals surface area contributed by atoms with Crippen LogP contribution in [0.4, 0.5) is 15.8 Å². The van der Waals surface area contributed by atoms with Gasteiger partial charge >= 0.3 is 0 Å². The highest BCUT2D eigenvalue weighted by molar-refractivity contribution is 7.92. The molecule has 7 nitrogen and oxygen atoms in total. The number of rotatable bonds is 6. The van der Waals surface area contributed by atoms with Crippen LogP contribution in [0.2, 0.25) is 0 Å². The third-order valence-corrected chi connectivity index (χ3v) is 5.72. The van der Waals surface area contributed by atoms with Crippen LogP contribution in [0.15, 0.2) is 72.1 Å². The highest BCUT2D eigenvalue weighted by atomic mass is 32.2. The Morgan fingerprint density at radius 3 is 2.52 bits per heavy atom. The van der Waals surface area contributed by atoms with Gasteiger partial charge in [-0.15, -0.1) is 11.3 Å². The molecule has 4 rings (SSSR count). The van der Waals surface area contributed by atoms with Crippen LogP contribution >= 0.6 is 11.3 Å². The van der Waals surface area contributed by atoms with Crippen LogP contribution in [0.5, 0.6) is 0 Å². The van der Waals surface area contributed by atoms with Gasteiger partial charge in [-0.05, 0) is 47.8 Å². The standard InChI is InChI=1S/C21H17FN4O3S2/c1-31(28,29)25-17-12-14(9-10-16(17)22)23-21(27)19-13-18(20-8-5-11-30-20)24-26(19)15-6-3-2-4-7-15/h2-13,25H,1H3,(H,23,27). The molecule has 0 unspecified atom stereocenters. The molecule has 2 heterocycles. The molecule has 0 fully saturated rings. The first kappa shape index (κ1) is 20.8. The number of hydrogen-bond acceptors (Lipinski definition) is 5. The van der Waals surface area contributed by atoms with Crippen molar-refractivity contribution in [3.05, 3.63) is 83.6 Å². The molecule has 1 amide bonds. The van der Waals surface area contributed by atoms with E-state index in [1.54, 1.807) is 6.07 Å². The predicted octanol–water partition coefficient (Wildman–Crippen LogP) is 4.36. The fourth-order valence-electron chi connectivity index (χ4n) is 2.93. The number of sulfonamides is 1. The van der Waals surface area contributed by atoms with Crippen molar-refractivity contribution in [2.45, 2.75) is 0 Å². The second-order valence-corrected chi connectivity index (χ2v) is 9.36. The Hall–Kier alpha value is -3.50. The van der Waals surface area contributed by atoms with Gasteiger partial charge in [-0.25, -0.2) is 17.5 Å². The molecule has 4 aromatic rings. The van der Waals surface area contributed by atoms with Crippen LogP contribution in [-0.4, -0.2) is 30.4 Å². The Morgan fingerprint density at radius 1 is 1.06 bits per heavy atom. The van der Waals surface area contributed by atoms with Crippen molar-refractivity contribution >= 4 is 38.6 Å². The molecule has 2 aromatic carbocycles. The molecular weight excluding hydrogens is 439 g/mol. The number of benzene rings is 2. The zero-order valence-electron chi connectivity index (χ0n) is 16.2. The first-order chi connectivity index (χ1) is 14.8. The Labute approximate surface area is 182 Å². The maximum Gasteiger partial charge on any atom is 0.274 e. The molecule has 2 N–H and O–H groups in total. The van der Waals surface area contributed by atoms with Crippen LogP contribution in [-0.2, 0) is 10.0 Å². The van der Waals surface area contributed by atoms with Gasteiger partial charge in [-0.2, -0.15) is 5.10 Å². The van der Waals surface area contributed by atoms with Gasteiger partial charge in [0.1, 0.15) is 17.2 Å². The Morgan fingerprint density at radius 2 is 1.84 bits per heavy atom. The lowest BCUT2D eigenvalue weighted by Gasteiger charge is -2.10. The van der Waals surface area contributed by atoms with E-state index < -0.39 is 21.7 Å². The van der Waals surface area contributed by atoms with Crippen LogP contribution < -0.4 is 10.0 Å². The zero-order valence-corrected chi connectivity index (χ0v) is 17.9. The molecule has 0 aliphatic carbocycles. The Kier molecular flexibility index (Phi) is 5.57.